The van der Waals surface area contributed by atoms with Crippen LogP contribution in [0.15, 0.2) is 110 Å². The molecule has 1 saturated heterocycles. The van der Waals surface area contributed by atoms with E-state index in [0.29, 0.717) is 29.8 Å². The summed E-state index contributed by atoms with van der Waals surface area (Å²) in [6.07, 6.45) is 3.03. The lowest BCUT2D eigenvalue weighted by atomic mass is 9.76. The van der Waals surface area contributed by atoms with E-state index in [4.69, 9.17) is 19.4 Å². The first-order valence-corrected chi connectivity index (χ1v) is 17.7. The number of fused-ring (bicyclic) bond motifs is 1. The van der Waals surface area contributed by atoms with Gasteiger partial charge in [-0.3, -0.25) is 4.90 Å². The lowest BCUT2D eigenvalue weighted by Crippen LogP contribution is -2.56. The highest BCUT2D eigenvalue weighted by molar-refractivity contribution is 5.98. The van der Waals surface area contributed by atoms with Gasteiger partial charge in [-0.05, 0) is 76.6 Å². The molecule has 0 saturated carbocycles. The maximum Gasteiger partial charge on any atom is 0.416 e. The molecule has 0 N–H and O–H groups in total. The summed E-state index contributed by atoms with van der Waals surface area (Å²) in [6.45, 7) is 11.4. The second-order valence-corrected chi connectivity index (χ2v) is 15.3. The summed E-state index contributed by atoms with van der Waals surface area (Å²) < 4.78 is 13.9. The molecule has 0 spiro atoms. The smallest absolute Gasteiger partial charge is 0.416 e. The van der Waals surface area contributed by atoms with Crippen LogP contribution in [0.25, 0.3) is 11.0 Å². The van der Waals surface area contributed by atoms with Crippen molar-refractivity contribution in [3.63, 3.8) is 0 Å². The van der Waals surface area contributed by atoms with Crippen LogP contribution >= 0.6 is 0 Å². The third kappa shape index (κ3) is 7.35. The largest absolute Gasteiger partial charge is 0.444 e. The van der Waals surface area contributed by atoms with E-state index in [2.05, 4.69) is 47.0 Å². The molecule has 6 rings (SSSR count). The molecule has 0 bridgehead atoms. The minimum atomic E-state index is -0.857. The maximum atomic E-state index is 14.4. The molecule has 0 radical (unpaired) electrons. The Balaban J connectivity index is 1.57. The lowest BCUT2D eigenvalue weighted by Gasteiger charge is -2.42. The van der Waals surface area contributed by atoms with Gasteiger partial charge < -0.3 is 18.9 Å². The van der Waals surface area contributed by atoms with Gasteiger partial charge in [-0.2, -0.15) is 5.26 Å². The van der Waals surface area contributed by atoms with Gasteiger partial charge in [-0.25, -0.2) is 19.6 Å². The number of nitriles is 1. The number of benzene rings is 3. The van der Waals surface area contributed by atoms with Crippen molar-refractivity contribution < 1.29 is 19.1 Å². The van der Waals surface area contributed by atoms with Gasteiger partial charge in [0.2, 0.25) is 0 Å². The van der Waals surface area contributed by atoms with E-state index in [0.717, 1.165) is 16.7 Å². The number of amides is 2. The molecule has 268 valence electrons. The zero-order valence-corrected chi connectivity index (χ0v) is 30.7. The zero-order chi connectivity index (χ0) is 37.1. The van der Waals surface area contributed by atoms with E-state index in [9.17, 15) is 14.9 Å². The molecule has 2 amide bonds. The summed E-state index contributed by atoms with van der Waals surface area (Å²) in [5.41, 5.74) is 1.27. The highest BCUT2D eigenvalue weighted by Crippen LogP contribution is 2.44. The molecule has 2 aromatic heterocycles. The summed E-state index contributed by atoms with van der Waals surface area (Å²) in [7, 11) is 0. The van der Waals surface area contributed by atoms with Gasteiger partial charge in [-0.15, -0.1) is 0 Å². The minimum Gasteiger partial charge on any atom is -0.444 e. The second kappa shape index (κ2) is 14.5. The number of ether oxygens (including phenoxy) is 2. The molecule has 2 atom stereocenters. The molecule has 10 nitrogen and oxygen atoms in total. The first-order valence-electron chi connectivity index (χ1n) is 17.7. The van der Waals surface area contributed by atoms with E-state index < -0.39 is 35.0 Å². The molecule has 1 fully saturated rings. The van der Waals surface area contributed by atoms with Gasteiger partial charge in [0.1, 0.15) is 28.7 Å². The number of hydrogen-bond donors (Lipinski definition) is 0. The van der Waals surface area contributed by atoms with Crippen molar-refractivity contribution in [1.29, 1.82) is 5.26 Å². The predicted octanol–water partition coefficient (Wildman–Crippen LogP) is 8.55. The molecule has 10 heteroatoms. The number of carbonyl (C=O) groups excluding carboxylic acids is 2. The van der Waals surface area contributed by atoms with Crippen molar-refractivity contribution in [3.05, 3.63) is 126 Å². The fourth-order valence-electron chi connectivity index (χ4n) is 7.19. The van der Waals surface area contributed by atoms with Gasteiger partial charge in [0.05, 0.1) is 17.5 Å². The fraction of sp³-hybridized carbons (Fsp3) is 0.357. The van der Waals surface area contributed by atoms with Crippen molar-refractivity contribution in [2.75, 3.05) is 18.0 Å². The van der Waals surface area contributed by atoms with Crippen LogP contribution in [0.5, 0.6) is 0 Å². The molecule has 5 aromatic rings. The van der Waals surface area contributed by atoms with E-state index in [1.807, 2.05) is 108 Å². The van der Waals surface area contributed by atoms with Crippen LogP contribution in [-0.2, 0) is 15.0 Å². The topological polar surface area (TPSA) is 114 Å². The third-order valence-corrected chi connectivity index (χ3v) is 9.13. The Kier molecular flexibility index (Phi) is 10.1. The van der Waals surface area contributed by atoms with E-state index in [1.165, 1.54) is 6.33 Å². The molecule has 0 aliphatic carbocycles. The summed E-state index contributed by atoms with van der Waals surface area (Å²) in [6, 6.07) is 34.5. The van der Waals surface area contributed by atoms with Gasteiger partial charge in [0.15, 0.2) is 5.82 Å². The minimum absolute atomic E-state index is 0.171. The van der Waals surface area contributed by atoms with Crippen molar-refractivity contribution in [2.45, 2.75) is 77.2 Å². The van der Waals surface area contributed by atoms with Crippen LogP contribution in [-0.4, -0.2) is 62.0 Å². The Morgan fingerprint density at radius 3 is 1.83 bits per heavy atom. The van der Waals surface area contributed by atoms with E-state index in [-0.39, 0.29) is 18.9 Å². The van der Waals surface area contributed by atoms with Crippen LogP contribution < -0.4 is 4.90 Å². The number of hydrogen-bond acceptors (Lipinski definition) is 7. The molecular formula is C42H46N6O4. The van der Waals surface area contributed by atoms with Crippen LogP contribution in [0.1, 0.15) is 71.1 Å². The molecule has 1 aliphatic heterocycles. The van der Waals surface area contributed by atoms with Gasteiger partial charge in [0.25, 0.3) is 0 Å². The Morgan fingerprint density at radius 1 is 0.788 bits per heavy atom. The summed E-state index contributed by atoms with van der Waals surface area (Å²) >= 11 is 0. The molecule has 3 aromatic carbocycles. The van der Waals surface area contributed by atoms with Gasteiger partial charge >= 0.3 is 12.2 Å². The standard InChI is InChI=1S/C42H46N6O4/c1-40(2,3)51-38(49)46-27-30(22-24-43)26-34(28-46)48(39(50)52-41(4,5)6)37-35-23-25-47(36(35)44-29-45-37)42(31-16-10-7-11-17-31,32-18-12-8-13-19-32)33-20-14-9-15-21-33/h7-21,23,25,29-30,34H,22,26-28H2,1-6H3/t30-,34+/m0/s1. The quantitative estimate of drug-likeness (QED) is 0.157. The highest BCUT2D eigenvalue weighted by atomic mass is 16.6. The Hall–Kier alpha value is -5.69. The van der Waals surface area contributed by atoms with Crippen molar-refractivity contribution in [1.82, 2.24) is 19.4 Å². The number of anilines is 1. The Bertz CT molecular complexity index is 1950. The number of piperidine rings is 1. The van der Waals surface area contributed by atoms with Gasteiger partial charge in [-0.1, -0.05) is 91.0 Å². The summed E-state index contributed by atoms with van der Waals surface area (Å²) in [5.74, 6) is 0.151. The summed E-state index contributed by atoms with van der Waals surface area (Å²) in [4.78, 5) is 40.6. The zero-order valence-electron chi connectivity index (χ0n) is 30.7. The van der Waals surface area contributed by atoms with Crippen LogP contribution in [0.3, 0.4) is 0 Å². The average molecular weight is 699 g/mol. The number of rotatable bonds is 7. The van der Waals surface area contributed by atoms with Crippen LogP contribution in [0, 0.1) is 17.2 Å². The number of aromatic nitrogens is 3. The first-order chi connectivity index (χ1) is 24.8. The van der Waals surface area contributed by atoms with Crippen LogP contribution in [0.2, 0.25) is 0 Å². The van der Waals surface area contributed by atoms with Gasteiger partial charge in [0, 0.05) is 25.7 Å². The van der Waals surface area contributed by atoms with Crippen molar-refractivity contribution in [3.8, 4) is 6.07 Å². The lowest BCUT2D eigenvalue weighted by molar-refractivity contribution is 0.0127. The van der Waals surface area contributed by atoms with E-state index in [1.54, 1.807) is 9.80 Å². The maximum absolute atomic E-state index is 14.4. The Morgan fingerprint density at radius 2 is 1.33 bits per heavy atom. The van der Waals surface area contributed by atoms with Crippen molar-refractivity contribution >= 4 is 29.0 Å². The van der Waals surface area contributed by atoms with Crippen LogP contribution in [0.4, 0.5) is 15.4 Å². The number of carbonyl (C=O) groups is 2. The molecule has 52 heavy (non-hydrogen) atoms. The number of nitrogens with zero attached hydrogens (tertiary/aromatic N) is 6. The fourth-order valence-corrected chi connectivity index (χ4v) is 7.19. The number of likely N-dealkylation sites (tertiary alicyclic amines) is 1. The second-order valence-electron chi connectivity index (χ2n) is 15.3. The monoisotopic (exact) mass is 698 g/mol. The molecule has 3 heterocycles. The van der Waals surface area contributed by atoms with Crippen molar-refractivity contribution in [2.24, 2.45) is 5.92 Å². The normalized spacial score (nSPS) is 16.6. The summed E-state index contributed by atoms with van der Waals surface area (Å²) in [5, 5.41) is 10.4. The first kappa shape index (κ1) is 36.1. The van der Waals surface area contributed by atoms with E-state index >= 15 is 0 Å². The average Bonchev–Trinajstić information content (AvgIpc) is 3.54. The molecule has 1 aliphatic rings. The third-order valence-electron chi connectivity index (χ3n) is 9.13. The molecule has 0 unspecified atom stereocenters. The Labute approximate surface area is 305 Å². The molecular weight excluding hydrogens is 652 g/mol. The predicted molar refractivity (Wildman–Crippen MR) is 201 cm³/mol. The highest BCUT2D eigenvalue weighted by Gasteiger charge is 2.42. The SMILES string of the molecule is CC(C)(C)OC(=O)N1C[C@@H](CC#N)C[C@@H](N(C(=O)OC(C)(C)C)c2ncnc3c2ccn3C(c2ccccc2)(c2ccccc2)c2ccccc2)C1.